The largest absolute Gasteiger partial charge is 0.454 e. The van der Waals surface area contributed by atoms with Crippen LogP contribution >= 0.6 is 0 Å². The van der Waals surface area contributed by atoms with Crippen molar-refractivity contribution in [1.29, 1.82) is 0 Å². The van der Waals surface area contributed by atoms with Gasteiger partial charge in [0.1, 0.15) is 5.82 Å². The topological polar surface area (TPSA) is 75.7 Å². The predicted octanol–water partition coefficient (Wildman–Crippen LogP) is 3.86. The lowest BCUT2D eigenvalue weighted by atomic mass is 10.0. The van der Waals surface area contributed by atoms with Crippen LogP contribution in [0.4, 0.5) is 23.8 Å². The molecule has 2 aromatic rings. The van der Waals surface area contributed by atoms with Crippen molar-refractivity contribution in [3.05, 3.63) is 47.7 Å². The van der Waals surface area contributed by atoms with Crippen LogP contribution in [-0.4, -0.2) is 36.9 Å². The van der Waals surface area contributed by atoms with Gasteiger partial charge in [0.15, 0.2) is 11.5 Å². The van der Waals surface area contributed by atoms with Crippen molar-refractivity contribution in [2.75, 3.05) is 24.8 Å². The van der Waals surface area contributed by atoms with Gasteiger partial charge in [-0.15, -0.1) is 0 Å². The number of halogens is 3. The SMILES string of the molecule is CC(NC(=O)NC1CCN(c2ccc(C(F)(F)F)cn2)CC1)c1ccc2c(c1)OCO2. The molecule has 3 heterocycles. The average Bonchev–Trinajstić information content (AvgIpc) is 3.21. The van der Waals surface area contributed by atoms with Gasteiger partial charge in [-0.05, 0) is 49.6 Å². The average molecular weight is 436 g/mol. The molecule has 7 nitrogen and oxygen atoms in total. The summed E-state index contributed by atoms with van der Waals surface area (Å²) in [5, 5.41) is 5.89. The molecule has 0 spiro atoms. The molecule has 1 unspecified atom stereocenters. The van der Waals surface area contributed by atoms with Gasteiger partial charge in [-0.3, -0.25) is 0 Å². The highest BCUT2D eigenvalue weighted by Crippen LogP contribution is 2.34. The molecular formula is C21H23F3N4O3. The highest BCUT2D eigenvalue weighted by Gasteiger charge is 2.31. The molecule has 2 aliphatic rings. The number of aromatic nitrogens is 1. The zero-order valence-corrected chi connectivity index (χ0v) is 16.9. The Balaban J connectivity index is 1.25. The van der Waals surface area contributed by atoms with Gasteiger partial charge in [0.2, 0.25) is 6.79 Å². The van der Waals surface area contributed by atoms with Gasteiger partial charge in [-0.1, -0.05) is 6.07 Å². The normalized spacial score (nSPS) is 17.4. The zero-order valence-electron chi connectivity index (χ0n) is 16.9. The number of alkyl halides is 3. The molecule has 1 saturated heterocycles. The Morgan fingerprint density at radius 3 is 2.58 bits per heavy atom. The summed E-state index contributed by atoms with van der Waals surface area (Å²) in [6.45, 7) is 3.28. The second-order valence-electron chi connectivity index (χ2n) is 7.62. The van der Waals surface area contributed by atoms with Crippen LogP contribution in [0, 0.1) is 0 Å². The second-order valence-corrected chi connectivity index (χ2v) is 7.62. The van der Waals surface area contributed by atoms with Crippen LogP contribution in [-0.2, 0) is 6.18 Å². The van der Waals surface area contributed by atoms with Crippen molar-refractivity contribution in [2.24, 2.45) is 0 Å². The van der Waals surface area contributed by atoms with Crippen molar-refractivity contribution < 1.29 is 27.4 Å². The lowest BCUT2D eigenvalue weighted by molar-refractivity contribution is -0.137. The number of anilines is 1. The number of pyridine rings is 1. The number of piperidine rings is 1. The van der Waals surface area contributed by atoms with E-state index in [2.05, 4.69) is 15.6 Å². The van der Waals surface area contributed by atoms with E-state index in [4.69, 9.17) is 9.47 Å². The van der Waals surface area contributed by atoms with Gasteiger partial charge in [0.05, 0.1) is 11.6 Å². The van der Waals surface area contributed by atoms with Crippen LogP contribution in [0.15, 0.2) is 36.5 Å². The molecule has 0 aliphatic carbocycles. The molecule has 0 bridgehead atoms. The molecule has 31 heavy (non-hydrogen) atoms. The van der Waals surface area contributed by atoms with Gasteiger partial charge in [0.25, 0.3) is 0 Å². The summed E-state index contributed by atoms with van der Waals surface area (Å²) in [4.78, 5) is 18.3. The molecule has 1 atom stereocenters. The molecule has 166 valence electrons. The van der Waals surface area contributed by atoms with Crippen molar-refractivity contribution in [2.45, 2.75) is 38.0 Å². The number of hydrogen-bond donors (Lipinski definition) is 2. The fourth-order valence-corrected chi connectivity index (χ4v) is 3.68. The van der Waals surface area contributed by atoms with Crippen molar-refractivity contribution in [3.8, 4) is 11.5 Å². The Morgan fingerprint density at radius 1 is 1.16 bits per heavy atom. The molecule has 0 radical (unpaired) electrons. The summed E-state index contributed by atoms with van der Waals surface area (Å²) >= 11 is 0. The molecule has 2 N–H and O–H groups in total. The first-order chi connectivity index (χ1) is 14.8. The molecule has 10 heteroatoms. The van der Waals surface area contributed by atoms with Gasteiger partial charge in [0, 0.05) is 25.3 Å². The van der Waals surface area contributed by atoms with E-state index in [9.17, 15) is 18.0 Å². The number of carbonyl (C=O) groups excluding carboxylic acids is 1. The van der Waals surface area contributed by atoms with E-state index in [1.807, 2.05) is 30.0 Å². The maximum absolute atomic E-state index is 12.7. The summed E-state index contributed by atoms with van der Waals surface area (Å²) in [6.07, 6.45) is -2.19. The van der Waals surface area contributed by atoms with E-state index in [0.29, 0.717) is 43.2 Å². The van der Waals surface area contributed by atoms with Gasteiger partial charge < -0.3 is 25.0 Å². The zero-order chi connectivity index (χ0) is 22.0. The number of rotatable bonds is 4. The summed E-state index contributed by atoms with van der Waals surface area (Å²) < 4.78 is 48.7. The monoisotopic (exact) mass is 436 g/mol. The number of amides is 2. The van der Waals surface area contributed by atoms with E-state index in [0.717, 1.165) is 17.8 Å². The van der Waals surface area contributed by atoms with Crippen molar-refractivity contribution >= 4 is 11.8 Å². The number of carbonyl (C=O) groups is 1. The maximum atomic E-state index is 12.7. The fourth-order valence-electron chi connectivity index (χ4n) is 3.68. The van der Waals surface area contributed by atoms with Gasteiger partial charge >= 0.3 is 12.2 Å². The molecular weight excluding hydrogens is 413 g/mol. The fraction of sp³-hybridized carbons (Fsp3) is 0.429. The summed E-state index contributed by atoms with van der Waals surface area (Å²) in [5.41, 5.74) is 0.142. The van der Waals surface area contributed by atoms with Crippen LogP contribution in [0.25, 0.3) is 0 Å². The minimum absolute atomic E-state index is 0.0188. The van der Waals surface area contributed by atoms with Crippen LogP contribution in [0.1, 0.15) is 36.9 Å². The van der Waals surface area contributed by atoms with Crippen LogP contribution < -0.4 is 25.0 Å². The summed E-state index contributed by atoms with van der Waals surface area (Å²) in [5.74, 6) is 1.86. The number of hydrogen-bond acceptors (Lipinski definition) is 5. The molecule has 4 rings (SSSR count). The lowest BCUT2D eigenvalue weighted by Crippen LogP contribution is -2.48. The Labute approximate surface area is 177 Å². The van der Waals surface area contributed by atoms with E-state index in [1.165, 1.54) is 6.07 Å². The number of fused-ring (bicyclic) bond motifs is 1. The summed E-state index contributed by atoms with van der Waals surface area (Å²) in [6, 6.07) is 7.47. The predicted molar refractivity (Wildman–Crippen MR) is 107 cm³/mol. The Bertz CT molecular complexity index is 928. The Morgan fingerprint density at radius 2 is 1.90 bits per heavy atom. The molecule has 1 aromatic heterocycles. The number of benzene rings is 1. The van der Waals surface area contributed by atoms with Crippen LogP contribution in [0.2, 0.25) is 0 Å². The second kappa shape index (κ2) is 8.52. The maximum Gasteiger partial charge on any atom is 0.417 e. The first-order valence-electron chi connectivity index (χ1n) is 10.0. The Hall–Kier alpha value is -3.17. The minimum atomic E-state index is -4.40. The van der Waals surface area contributed by atoms with Crippen molar-refractivity contribution in [3.63, 3.8) is 0 Å². The molecule has 0 saturated carbocycles. The molecule has 1 fully saturated rings. The van der Waals surface area contributed by atoms with Crippen LogP contribution in [0.3, 0.4) is 0 Å². The van der Waals surface area contributed by atoms with E-state index in [1.54, 1.807) is 0 Å². The number of nitrogens with one attached hydrogen (secondary N) is 2. The molecule has 2 amide bonds. The molecule has 2 aliphatic heterocycles. The van der Waals surface area contributed by atoms with Crippen molar-refractivity contribution in [1.82, 2.24) is 15.6 Å². The lowest BCUT2D eigenvalue weighted by Gasteiger charge is -2.33. The third-order valence-corrected chi connectivity index (χ3v) is 5.47. The third kappa shape index (κ3) is 4.95. The standard InChI is InChI=1S/C21H23F3N4O3/c1-13(14-2-4-17-18(10-14)31-12-30-17)26-20(29)27-16-6-8-28(9-7-16)19-5-3-15(11-25-19)21(22,23)24/h2-5,10-11,13,16H,6-9,12H2,1H3,(H2,26,27,29). The van der Waals surface area contributed by atoms with E-state index >= 15 is 0 Å². The molecule has 1 aromatic carbocycles. The quantitative estimate of drug-likeness (QED) is 0.762. The highest BCUT2D eigenvalue weighted by atomic mass is 19.4. The van der Waals surface area contributed by atoms with E-state index in [-0.39, 0.29) is 24.9 Å². The third-order valence-electron chi connectivity index (χ3n) is 5.47. The summed E-state index contributed by atoms with van der Waals surface area (Å²) in [7, 11) is 0. The van der Waals surface area contributed by atoms with Gasteiger partial charge in [-0.2, -0.15) is 13.2 Å². The Kier molecular flexibility index (Phi) is 5.79. The van der Waals surface area contributed by atoms with Crippen LogP contribution in [0.5, 0.6) is 11.5 Å². The number of nitrogens with zero attached hydrogens (tertiary/aromatic N) is 2. The number of ether oxygens (including phenoxy) is 2. The minimum Gasteiger partial charge on any atom is -0.454 e. The smallest absolute Gasteiger partial charge is 0.417 e. The first kappa shape index (κ1) is 21.1. The highest BCUT2D eigenvalue weighted by molar-refractivity contribution is 5.74. The van der Waals surface area contributed by atoms with Gasteiger partial charge in [-0.25, -0.2) is 9.78 Å². The van der Waals surface area contributed by atoms with E-state index < -0.39 is 11.7 Å². The first-order valence-corrected chi connectivity index (χ1v) is 10.0. The number of urea groups is 1.